The molecular formula is C8H6Cl2N4. The summed E-state index contributed by atoms with van der Waals surface area (Å²) in [5.41, 5.74) is 0.590. The van der Waals surface area contributed by atoms with Gasteiger partial charge >= 0.3 is 0 Å². The molecule has 0 spiro atoms. The van der Waals surface area contributed by atoms with Crippen LogP contribution in [0.3, 0.4) is 0 Å². The van der Waals surface area contributed by atoms with Gasteiger partial charge in [0.15, 0.2) is 6.19 Å². The van der Waals surface area contributed by atoms with E-state index in [0.717, 1.165) is 0 Å². The van der Waals surface area contributed by atoms with Gasteiger partial charge in [0.1, 0.15) is 0 Å². The van der Waals surface area contributed by atoms with Crippen molar-refractivity contribution < 1.29 is 0 Å². The molecule has 0 saturated carbocycles. The molecule has 6 heteroatoms. The first-order chi connectivity index (χ1) is 6.63. The van der Waals surface area contributed by atoms with Crippen LogP contribution in [0.25, 0.3) is 0 Å². The predicted octanol–water partition coefficient (Wildman–Crippen LogP) is 2.41. The highest BCUT2D eigenvalue weighted by atomic mass is 35.5. The van der Waals surface area contributed by atoms with Crippen LogP contribution in [-0.4, -0.2) is 5.96 Å². The summed E-state index contributed by atoms with van der Waals surface area (Å²) in [6, 6.07) is 4.82. The monoisotopic (exact) mass is 228 g/mol. The molecule has 0 aliphatic rings. The number of nitrogens with one attached hydrogen (secondary N) is 3. The van der Waals surface area contributed by atoms with Crippen LogP contribution in [0.2, 0.25) is 10.0 Å². The van der Waals surface area contributed by atoms with Crippen LogP contribution in [0.4, 0.5) is 5.69 Å². The highest BCUT2D eigenvalue weighted by Gasteiger charge is 2.00. The first-order valence-electron chi connectivity index (χ1n) is 3.59. The average molecular weight is 229 g/mol. The van der Waals surface area contributed by atoms with Gasteiger partial charge in [0.2, 0.25) is 5.96 Å². The number of benzene rings is 1. The molecule has 0 aliphatic carbocycles. The lowest BCUT2D eigenvalue weighted by atomic mass is 10.3. The van der Waals surface area contributed by atoms with Crippen molar-refractivity contribution in [3.8, 4) is 6.19 Å². The third-order valence-corrected chi connectivity index (χ3v) is 2.11. The van der Waals surface area contributed by atoms with Gasteiger partial charge in [-0.1, -0.05) is 23.2 Å². The fourth-order valence-corrected chi connectivity index (χ4v) is 1.10. The van der Waals surface area contributed by atoms with Crippen LogP contribution in [-0.2, 0) is 0 Å². The molecule has 0 aliphatic heterocycles. The molecular weight excluding hydrogens is 223 g/mol. The summed E-state index contributed by atoms with van der Waals surface area (Å²) in [7, 11) is 0. The summed E-state index contributed by atoms with van der Waals surface area (Å²) in [6.07, 6.45) is 1.62. The second-order valence-electron chi connectivity index (χ2n) is 2.37. The smallest absolute Gasteiger partial charge is 0.206 e. The Balaban J connectivity index is 2.74. The molecule has 0 bridgehead atoms. The summed E-state index contributed by atoms with van der Waals surface area (Å²) >= 11 is 11.4. The van der Waals surface area contributed by atoms with Gasteiger partial charge in [-0.05, 0) is 18.2 Å². The summed E-state index contributed by atoms with van der Waals surface area (Å²) in [5.74, 6) is -0.120. The van der Waals surface area contributed by atoms with Crippen molar-refractivity contribution in [3.05, 3.63) is 28.2 Å². The number of halogens is 2. The van der Waals surface area contributed by atoms with Crippen molar-refractivity contribution >= 4 is 34.8 Å². The van der Waals surface area contributed by atoms with Gasteiger partial charge in [-0.3, -0.25) is 10.7 Å². The minimum atomic E-state index is -0.120. The van der Waals surface area contributed by atoms with E-state index in [2.05, 4.69) is 10.6 Å². The Kier molecular flexibility index (Phi) is 3.57. The highest BCUT2D eigenvalue weighted by molar-refractivity contribution is 6.42. The lowest BCUT2D eigenvalue weighted by molar-refractivity contribution is 1.21. The first kappa shape index (κ1) is 10.6. The molecule has 72 valence electrons. The number of nitriles is 1. The molecule has 0 radical (unpaired) electrons. The van der Waals surface area contributed by atoms with E-state index in [1.165, 1.54) is 0 Å². The Morgan fingerprint density at radius 2 is 2.07 bits per heavy atom. The van der Waals surface area contributed by atoms with Crippen LogP contribution in [0.15, 0.2) is 18.2 Å². The van der Waals surface area contributed by atoms with E-state index in [-0.39, 0.29) is 5.96 Å². The fourth-order valence-electron chi connectivity index (χ4n) is 0.805. The number of anilines is 1. The summed E-state index contributed by atoms with van der Waals surface area (Å²) in [6.45, 7) is 0. The van der Waals surface area contributed by atoms with Crippen molar-refractivity contribution in [2.75, 3.05) is 5.32 Å². The molecule has 1 aromatic carbocycles. The number of hydrogen-bond acceptors (Lipinski definition) is 2. The van der Waals surface area contributed by atoms with Gasteiger partial charge in [0.05, 0.1) is 10.0 Å². The standard InChI is InChI=1S/C8H6Cl2N4/c9-6-2-1-5(3-7(6)10)14-8(12)13-4-11/h1-3H,(H3,12,13,14). The van der Waals surface area contributed by atoms with Gasteiger partial charge in [-0.25, -0.2) is 0 Å². The maximum atomic E-state index is 8.22. The van der Waals surface area contributed by atoms with Gasteiger partial charge < -0.3 is 5.32 Å². The molecule has 0 unspecified atom stereocenters. The SMILES string of the molecule is N#CNC(=N)Nc1ccc(Cl)c(Cl)c1. The molecule has 0 atom stereocenters. The minimum absolute atomic E-state index is 0.120. The lowest BCUT2D eigenvalue weighted by Gasteiger charge is -2.06. The summed E-state index contributed by atoms with van der Waals surface area (Å²) in [4.78, 5) is 0. The fraction of sp³-hybridized carbons (Fsp3) is 0. The van der Waals surface area contributed by atoms with E-state index in [9.17, 15) is 0 Å². The molecule has 4 nitrogen and oxygen atoms in total. The van der Waals surface area contributed by atoms with E-state index in [0.29, 0.717) is 15.7 Å². The van der Waals surface area contributed by atoms with Crippen LogP contribution in [0.1, 0.15) is 0 Å². The van der Waals surface area contributed by atoms with Crippen LogP contribution in [0, 0.1) is 16.9 Å². The number of guanidine groups is 1. The zero-order valence-corrected chi connectivity index (χ0v) is 8.45. The first-order valence-corrected chi connectivity index (χ1v) is 4.35. The summed E-state index contributed by atoms with van der Waals surface area (Å²) in [5, 5.41) is 21.0. The molecule has 0 saturated heterocycles. The van der Waals surface area contributed by atoms with Gasteiger partial charge in [-0.15, -0.1) is 0 Å². The quantitative estimate of drug-likeness (QED) is 0.299. The second-order valence-corrected chi connectivity index (χ2v) is 3.18. The normalized spacial score (nSPS) is 8.93. The van der Waals surface area contributed by atoms with Crippen molar-refractivity contribution in [2.45, 2.75) is 0 Å². The van der Waals surface area contributed by atoms with Crippen molar-refractivity contribution in [1.82, 2.24) is 5.32 Å². The third-order valence-electron chi connectivity index (χ3n) is 1.37. The minimum Gasteiger partial charge on any atom is -0.326 e. The van der Waals surface area contributed by atoms with Crippen LogP contribution < -0.4 is 10.6 Å². The van der Waals surface area contributed by atoms with E-state index in [1.54, 1.807) is 24.4 Å². The van der Waals surface area contributed by atoms with Crippen LogP contribution in [0.5, 0.6) is 0 Å². The lowest BCUT2D eigenvalue weighted by Crippen LogP contribution is -2.24. The number of hydrogen-bond donors (Lipinski definition) is 3. The topological polar surface area (TPSA) is 71.7 Å². The molecule has 0 fully saturated rings. The number of nitrogens with zero attached hydrogens (tertiary/aromatic N) is 1. The molecule has 0 aromatic heterocycles. The largest absolute Gasteiger partial charge is 0.326 e. The zero-order chi connectivity index (χ0) is 10.6. The molecule has 1 aromatic rings. The van der Waals surface area contributed by atoms with Crippen LogP contribution >= 0.6 is 23.2 Å². The van der Waals surface area contributed by atoms with E-state index >= 15 is 0 Å². The second kappa shape index (κ2) is 4.70. The van der Waals surface area contributed by atoms with Gasteiger partial charge in [0.25, 0.3) is 0 Å². The average Bonchev–Trinajstić information content (AvgIpc) is 2.12. The zero-order valence-electron chi connectivity index (χ0n) is 6.94. The van der Waals surface area contributed by atoms with Crippen molar-refractivity contribution in [3.63, 3.8) is 0 Å². The Bertz CT molecular complexity index is 397. The third kappa shape index (κ3) is 2.80. The maximum Gasteiger partial charge on any atom is 0.206 e. The van der Waals surface area contributed by atoms with E-state index in [1.807, 2.05) is 0 Å². The van der Waals surface area contributed by atoms with Crippen molar-refractivity contribution in [1.29, 1.82) is 10.7 Å². The van der Waals surface area contributed by atoms with Gasteiger partial charge in [-0.2, -0.15) is 5.26 Å². The Morgan fingerprint density at radius 1 is 1.36 bits per heavy atom. The van der Waals surface area contributed by atoms with E-state index in [4.69, 9.17) is 33.9 Å². The summed E-state index contributed by atoms with van der Waals surface area (Å²) < 4.78 is 0. The Labute approximate surface area is 90.9 Å². The number of rotatable bonds is 1. The molecule has 3 N–H and O–H groups in total. The van der Waals surface area contributed by atoms with Crippen molar-refractivity contribution in [2.24, 2.45) is 0 Å². The predicted molar refractivity (Wildman–Crippen MR) is 56.6 cm³/mol. The molecule has 0 amide bonds. The molecule has 14 heavy (non-hydrogen) atoms. The van der Waals surface area contributed by atoms with E-state index < -0.39 is 0 Å². The maximum absolute atomic E-state index is 8.22. The molecule has 0 heterocycles. The highest BCUT2D eigenvalue weighted by Crippen LogP contribution is 2.24. The van der Waals surface area contributed by atoms with Gasteiger partial charge in [0, 0.05) is 5.69 Å². The molecule has 1 rings (SSSR count). The Hall–Kier alpha value is -1.44. The Morgan fingerprint density at radius 3 is 2.64 bits per heavy atom.